The quantitative estimate of drug-likeness (QED) is 0.0222. The van der Waals surface area contributed by atoms with Gasteiger partial charge in [-0.1, -0.05) is 286 Å². The van der Waals surface area contributed by atoms with Crippen molar-refractivity contribution in [1.82, 2.24) is 0 Å². The predicted molar refractivity (Wildman–Crippen MR) is 345 cm³/mol. The molecule has 510 valence electrons. The van der Waals surface area contributed by atoms with Crippen molar-refractivity contribution in [3.8, 4) is 0 Å². The molecular weight excluding hydrogens is 1140 g/mol. The van der Waals surface area contributed by atoms with E-state index in [9.17, 15) is 43.2 Å². The first-order valence-electron chi connectivity index (χ1n) is 35.0. The number of phosphoric acid groups is 2. The number of carbonyl (C=O) groups is 4. The first-order valence-corrected chi connectivity index (χ1v) is 38.0. The third kappa shape index (κ3) is 60.9. The molecule has 0 saturated heterocycles. The van der Waals surface area contributed by atoms with Crippen molar-refractivity contribution in [1.29, 1.82) is 0 Å². The summed E-state index contributed by atoms with van der Waals surface area (Å²) in [5, 5.41) is 10.6. The Kier molecular flexibility index (Phi) is 58.0. The molecule has 0 saturated carbocycles. The Morgan fingerprint density at radius 3 is 0.791 bits per heavy atom. The van der Waals surface area contributed by atoms with Gasteiger partial charge in [-0.3, -0.25) is 37.3 Å². The van der Waals surface area contributed by atoms with E-state index in [0.29, 0.717) is 25.7 Å². The number of carbonyl (C=O) groups excluding carboxylic acids is 4. The lowest BCUT2D eigenvalue weighted by Crippen LogP contribution is -2.30. The first-order chi connectivity index (χ1) is 41.4. The van der Waals surface area contributed by atoms with Crippen molar-refractivity contribution < 1.29 is 80.2 Å². The van der Waals surface area contributed by atoms with E-state index in [4.69, 9.17) is 37.0 Å². The first kappa shape index (κ1) is 84.1. The molecule has 0 aromatic heterocycles. The van der Waals surface area contributed by atoms with Crippen LogP contribution in [-0.4, -0.2) is 96.7 Å². The molecule has 0 aliphatic rings. The molecule has 5 atom stereocenters. The highest BCUT2D eigenvalue weighted by Crippen LogP contribution is 2.45. The van der Waals surface area contributed by atoms with Crippen LogP contribution >= 0.6 is 15.6 Å². The van der Waals surface area contributed by atoms with Crippen LogP contribution in [0.15, 0.2) is 0 Å². The van der Waals surface area contributed by atoms with Crippen molar-refractivity contribution >= 4 is 39.5 Å². The molecule has 3 N–H and O–H groups in total. The van der Waals surface area contributed by atoms with Gasteiger partial charge in [0.25, 0.3) is 0 Å². The number of esters is 4. The number of hydrogen-bond acceptors (Lipinski definition) is 15. The summed E-state index contributed by atoms with van der Waals surface area (Å²) in [5.41, 5.74) is 0. The van der Waals surface area contributed by atoms with Gasteiger partial charge in [-0.15, -0.1) is 0 Å². The van der Waals surface area contributed by atoms with Crippen LogP contribution in [0.3, 0.4) is 0 Å². The van der Waals surface area contributed by atoms with Crippen LogP contribution in [0.25, 0.3) is 0 Å². The fraction of sp³-hybridized carbons (Fsp3) is 0.940. The van der Waals surface area contributed by atoms with Gasteiger partial charge >= 0.3 is 39.5 Å². The second-order valence-electron chi connectivity index (χ2n) is 25.2. The van der Waals surface area contributed by atoms with Gasteiger partial charge in [0.1, 0.15) is 19.3 Å². The molecule has 0 bridgehead atoms. The van der Waals surface area contributed by atoms with E-state index >= 15 is 0 Å². The van der Waals surface area contributed by atoms with E-state index in [0.717, 1.165) is 102 Å². The molecule has 0 aromatic rings. The SMILES string of the molecule is CCCCCCCCCCCCCCCCCC(=O)O[C@H](COC(=O)CCCCCCCCCCC(C)C)COP(=O)(O)OC[C@@H](O)COP(=O)(O)OC[C@@H](COC(=O)CCCCCCCCCCC)OC(=O)CCCCCCCCCCC(C)C. The van der Waals surface area contributed by atoms with Crippen LogP contribution in [0.4, 0.5) is 0 Å². The lowest BCUT2D eigenvalue weighted by molar-refractivity contribution is -0.161. The molecule has 0 aliphatic heterocycles. The highest BCUT2D eigenvalue weighted by Gasteiger charge is 2.30. The molecular formula is C67H130O17P2. The zero-order valence-corrected chi connectivity index (χ0v) is 57.4. The number of aliphatic hydroxyl groups is 1. The van der Waals surface area contributed by atoms with Crippen LogP contribution in [0.2, 0.25) is 0 Å². The number of rotatable bonds is 66. The highest BCUT2D eigenvalue weighted by atomic mass is 31.2. The summed E-state index contributed by atoms with van der Waals surface area (Å²) < 4.78 is 68.1. The molecule has 0 aromatic carbocycles. The van der Waals surface area contributed by atoms with Crippen molar-refractivity contribution in [2.24, 2.45) is 11.8 Å². The molecule has 0 heterocycles. The third-order valence-corrected chi connectivity index (χ3v) is 17.4. The van der Waals surface area contributed by atoms with Crippen molar-refractivity contribution in [3.63, 3.8) is 0 Å². The van der Waals surface area contributed by atoms with Gasteiger partial charge in [-0.2, -0.15) is 0 Å². The van der Waals surface area contributed by atoms with E-state index in [1.165, 1.54) is 154 Å². The van der Waals surface area contributed by atoms with Gasteiger partial charge in [-0.05, 0) is 37.5 Å². The maximum absolute atomic E-state index is 13.0. The number of ether oxygens (including phenoxy) is 4. The zero-order chi connectivity index (χ0) is 63.6. The van der Waals surface area contributed by atoms with E-state index in [-0.39, 0.29) is 25.7 Å². The van der Waals surface area contributed by atoms with Crippen molar-refractivity contribution in [2.75, 3.05) is 39.6 Å². The molecule has 0 radical (unpaired) electrons. The summed E-state index contributed by atoms with van der Waals surface area (Å²) in [5.74, 6) is -0.686. The predicted octanol–water partition coefficient (Wildman–Crippen LogP) is 18.8. The topological polar surface area (TPSA) is 237 Å². The molecule has 0 aliphatic carbocycles. The van der Waals surface area contributed by atoms with Crippen LogP contribution in [-0.2, 0) is 65.4 Å². The van der Waals surface area contributed by atoms with Gasteiger partial charge in [0.05, 0.1) is 26.4 Å². The number of unbranched alkanes of at least 4 members (excludes halogenated alkanes) is 36. The Morgan fingerprint density at radius 2 is 0.535 bits per heavy atom. The number of phosphoric ester groups is 2. The summed E-state index contributed by atoms with van der Waals surface area (Å²) >= 11 is 0. The summed E-state index contributed by atoms with van der Waals surface area (Å²) in [6.07, 6.45) is 43.1. The lowest BCUT2D eigenvalue weighted by Gasteiger charge is -2.21. The summed E-state index contributed by atoms with van der Waals surface area (Å²) in [6.45, 7) is 9.44. The average molecular weight is 1270 g/mol. The zero-order valence-electron chi connectivity index (χ0n) is 55.6. The van der Waals surface area contributed by atoms with Crippen LogP contribution < -0.4 is 0 Å². The number of aliphatic hydroxyl groups excluding tert-OH is 1. The maximum atomic E-state index is 13.0. The highest BCUT2D eigenvalue weighted by molar-refractivity contribution is 7.47. The lowest BCUT2D eigenvalue weighted by atomic mass is 10.0. The van der Waals surface area contributed by atoms with E-state index in [1.807, 2.05) is 0 Å². The van der Waals surface area contributed by atoms with Gasteiger partial charge in [0.15, 0.2) is 12.2 Å². The molecule has 86 heavy (non-hydrogen) atoms. The minimum atomic E-state index is -4.95. The van der Waals surface area contributed by atoms with Gasteiger partial charge < -0.3 is 33.8 Å². The standard InChI is InChI=1S/C67H130O17P2/c1-7-9-11-13-15-17-18-19-20-21-22-24-33-39-45-51-66(71)83-62(56-78-65(70)50-44-38-32-27-25-29-35-41-47-59(3)4)57-81-85(73,74)79-53-61(68)54-80-86(75,76)82-58-63(55-77-64(69)49-43-37-31-23-16-14-12-10-8-2)84-67(72)52-46-40-34-28-26-30-36-42-48-60(5)6/h59-63,68H,7-58H2,1-6H3,(H,73,74)(H,75,76)/t61-,62-,63-/m1/s1. The van der Waals surface area contributed by atoms with Crippen molar-refractivity contribution in [2.45, 2.75) is 355 Å². The Labute approximate surface area is 524 Å². The number of hydrogen-bond donors (Lipinski definition) is 3. The minimum Gasteiger partial charge on any atom is -0.462 e. The average Bonchev–Trinajstić information content (AvgIpc) is 3.61. The summed E-state index contributed by atoms with van der Waals surface area (Å²) in [7, 11) is -9.89. The van der Waals surface area contributed by atoms with Crippen LogP contribution in [0, 0.1) is 11.8 Å². The summed E-state index contributed by atoms with van der Waals surface area (Å²) in [6, 6.07) is 0. The molecule has 19 heteroatoms. The van der Waals surface area contributed by atoms with E-state index in [1.54, 1.807) is 0 Å². The largest absolute Gasteiger partial charge is 0.472 e. The fourth-order valence-corrected chi connectivity index (χ4v) is 11.6. The third-order valence-electron chi connectivity index (χ3n) is 15.5. The molecule has 0 rings (SSSR count). The Bertz CT molecular complexity index is 1680. The Morgan fingerprint density at radius 1 is 0.314 bits per heavy atom. The Balaban J connectivity index is 5.23. The molecule has 0 fully saturated rings. The fourth-order valence-electron chi connectivity index (χ4n) is 10.1. The maximum Gasteiger partial charge on any atom is 0.472 e. The summed E-state index contributed by atoms with van der Waals surface area (Å²) in [4.78, 5) is 72.3. The molecule has 2 unspecified atom stereocenters. The van der Waals surface area contributed by atoms with E-state index in [2.05, 4.69) is 41.5 Å². The van der Waals surface area contributed by atoms with Crippen LogP contribution in [0.1, 0.15) is 337 Å². The van der Waals surface area contributed by atoms with Gasteiger partial charge in [-0.25, -0.2) is 9.13 Å². The second-order valence-corrected chi connectivity index (χ2v) is 28.1. The smallest absolute Gasteiger partial charge is 0.462 e. The minimum absolute atomic E-state index is 0.104. The monoisotopic (exact) mass is 1270 g/mol. The normalized spacial score (nSPS) is 14.2. The van der Waals surface area contributed by atoms with Gasteiger partial charge in [0, 0.05) is 25.7 Å². The van der Waals surface area contributed by atoms with Gasteiger partial charge in [0.2, 0.25) is 0 Å². The van der Waals surface area contributed by atoms with Crippen LogP contribution in [0.5, 0.6) is 0 Å². The van der Waals surface area contributed by atoms with Crippen molar-refractivity contribution in [3.05, 3.63) is 0 Å². The molecule has 17 nitrogen and oxygen atoms in total. The second kappa shape index (κ2) is 59.4. The molecule has 0 amide bonds. The van der Waals surface area contributed by atoms with E-state index < -0.39 is 97.5 Å². The Hall–Kier alpha value is -1.94. The molecule has 0 spiro atoms.